The number of nitrogens with one attached hydrogen (secondary N) is 1. The smallest absolute Gasteiger partial charge is 0.230 e. The molecule has 146 valence electrons. The number of anilines is 1. The number of carbonyl (C=O) groups is 1. The molecule has 0 aliphatic rings. The summed E-state index contributed by atoms with van der Waals surface area (Å²) in [6, 6.07) is 10.4. The first kappa shape index (κ1) is 19.8. The minimum Gasteiger partial charge on any atom is -0.493 e. The predicted octanol–water partition coefficient (Wildman–Crippen LogP) is 3.77. The maximum atomic E-state index is 13.9. The third-order valence-electron chi connectivity index (χ3n) is 4.21. The molecule has 1 aromatic heterocycles. The second-order valence-corrected chi connectivity index (χ2v) is 7.19. The molecule has 0 atom stereocenters. The summed E-state index contributed by atoms with van der Waals surface area (Å²) < 4.78 is 24.4. The van der Waals surface area contributed by atoms with Crippen molar-refractivity contribution in [3.63, 3.8) is 0 Å². The molecule has 0 aliphatic heterocycles. The van der Waals surface area contributed by atoms with E-state index >= 15 is 0 Å². The average Bonchev–Trinajstić information content (AvgIpc) is 3.11. The number of ether oxygens (including phenoxy) is 2. The topological polar surface area (TPSA) is 73.3 Å². The SMILES string of the molecule is COc1ccc(Cc2nnc(NC(=O)Cc3c(C)cccc3F)s2)cc1OC. The normalized spacial score (nSPS) is 10.6. The summed E-state index contributed by atoms with van der Waals surface area (Å²) in [5.74, 6) is 0.571. The second kappa shape index (κ2) is 8.79. The van der Waals surface area contributed by atoms with Crippen LogP contribution < -0.4 is 14.8 Å². The van der Waals surface area contributed by atoms with Crippen molar-refractivity contribution in [1.82, 2.24) is 10.2 Å². The number of rotatable bonds is 7. The van der Waals surface area contributed by atoms with Crippen LogP contribution in [0.15, 0.2) is 36.4 Å². The Kier molecular flexibility index (Phi) is 6.20. The van der Waals surface area contributed by atoms with Gasteiger partial charge in [-0.25, -0.2) is 4.39 Å². The van der Waals surface area contributed by atoms with Crippen molar-refractivity contribution in [3.05, 3.63) is 63.9 Å². The Bertz CT molecular complexity index is 970. The second-order valence-electron chi connectivity index (χ2n) is 6.13. The van der Waals surface area contributed by atoms with E-state index in [9.17, 15) is 9.18 Å². The van der Waals surface area contributed by atoms with Gasteiger partial charge in [-0.05, 0) is 36.2 Å². The van der Waals surface area contributed by atoms with Gasteiger partial charge in [-0.1, -0.05) is 29.5 Å². The number of benzene rings is 2. The van der Waals surface area contributed by atoms with E-state index in [1.165, 1.54) is 17.4 Å². The fourth-order valence-corrected chi connectivity index (χ4v) is 3.55. The average molecular weight is 401 g/mol. The lowest BCUT2D eigenvalue weighted by atomic mass is 10.1. The van der Waals surface area contributed by atoms with Crippen LogP contribution in [0, 0.1) is 12.7 Å². The Hall–Kier alpha value is -3.00. The van der Waals surface area contributed by atoms with Gasteiger partial charge in [0.1, 0.15) is 10.8 Å². The molecule has 0 aliphatic carbocycles. The van der Waals surface area contributed by atoms with Crippen molar-refractivity contribution in [2.45, 2.75) is 19.8 Å². The van der Waals surface area contributed by atoms with Gasteiger partial charge in [0.25, 0.3) is 0 Å². The van der Waals surface area contributed by atoms with E-state index in [1.807, 2.05) is 18.2 Å². The number of aromatic nitrogens is 2. The largest absolute Gasteiger partial charge is 0.493 e. The molecule has 8 heteroatoms. The van der Waals surface area contributed by atoms with Gasteiger partial charge < -0.3 is 14.8 Å². The molecule has 0 unspecified atom stereocenters. The van der Waals surface area contributed by atoms with E-state index < -0.39 is 0 Å². The van der Waals surface area contributed by atoms with Crippen molar-refractivity contribution < 1.29 is 18.7 Å². The highest BCUT2D eigenvalue weighted by Gasteiger charge is 2.14. The Morgan fingerprint density at radius 2 is 1.93 bits per heavy atom. The lowest BCUT2D eigenvalue weighted by molar-refractivity contribution is -0.115. The molecule has 3 rings (SSSR count). The molecule has 0 saturated carbocycles. The number of nitrogens with zero attached hydrogens (tertiary/aromatic N) is 2. The molecule has 3 aromatic rings. The minimum absolute atomic E-state index is 0.0525. The molecule has 0 radical (unpaired) electrons. The summed E-state index contributed by atoms with van der Waals surface area (Å²) in [6.07, 6.45) is 0.489. The van der Waals surface area contributed by atoms with E-state index in [4.69, 9.17) is 9.47 Å². The van der Waals surface area contributed by atoms with Crippen molar-refractivity contribution in [1.29, 1.82) is 0 Å². The fourth-order valence-electron chi connectivity index (χ4n) is 2.76. The lowest BCUT2D eigenvalue weighted by Crippen LogP contribution is -2.15. The van der Waals surface area contributed by atoms with Crippen LogP contribution in [0.5, 0.6) is 11.5 Å². The molecule has 1 heterocycles. The molecule has 28 heavy (non-hydrogen) atoms. The zero-order valence-corrected chi connectivity index (χ0v) is 16.6. The maximum Gasteiger partial charge on any atom is 0.230 e. The highest BCUT2D eigenvalue weighted by molar-refractivity contribution is 7.15. The molecule has 0 spiro atoms. The summed E-state index contributed by atoms with van der Waals surface area (Å²) >= 11 is 1.28. The number of carbonyl (C=O) groups excluding carboxylic acids is 1. The van der Waals surface area contributed by atoms with Crippen LogP contribution in [0.25, 0.3) is 0 Å². The van der Waals surface area contributed by atoms with Gasteiger partial charge in [-0.3, -0.25) is 4.79 Å². The monoisotopic (exact) mass is 401 g/mol. The number of halogens is 1. The molecule has 0 bridgehead atoms. The molecular formula is C20H20FN3O3S. The third kappa shape index (κ3) is 4.64. The summed E-state index contributed by atoms with van der Waals surface area (Å²) in [6.45, 7) is 1.78. The standard InChI is InChI=1S/C20H20FN3O3S/c1-12-5-4-6-15(21)14(12)11-18(25)22-20-24-23-19(28-20)10-13-7-8-16(26-2)17(9-13)27-3/h4-9H,10-11H2,1-3H3,(H,22,24,25). The molecule has 6 nitrogen and oxygen atoms in total. The van der Waals surface area contributed by atoms with Crippen molar-refractivity contribution in [3.8, 4) is 11.5 Å². The molecule has 1 amide bonds. The Labute approximate surface area is 166 Å². The Balaban J connectivity index is 1.65. The van der Waals surface area contributed by atoms with Crippen LogP contribution in [-0.4, -0.2) is 30.3 Å². The number of hydrogen-bond acceptors (Lipinski definition) is 6. The van der Waals surface area contributed by atoms with Crippen LogP contribution in [0.2, 0.25) is 0 Å². The number of methoxy groups -OCH3 is 2. The van der Waals surface area contributed by atoms with Gasteiger partial charge >= 0.3 is 0 Å². The number of aryl methyl sites for hydroxylation is 1. The Morgan fingerprint density at radius 3 is 2.64 bits per heavy atom. The summed E-state index contributed by atoms with van der Waals surface area (Å²) in [7, 11) is 3.16. The highest BCUT2D eigenvalue weighted by atomic mass is 32.1. The van der Waals surface area contributed by atoms with E-state index in [2.05, 4.69) is 15.5 Å². The number of hydrogen-bond donors (Lipinski definition) is 1. The third-order valence-corrected chi connectivity index (χ3v) is 5.05. The zero-order chi connectivity index (χ0) is 20.1. The summed E-state index contributed by atoms with van der Waals surface area (Å²) in [5.41, 5.74) is 2.10. The molecular weight excluding hydrogens is 381 g/mol. The number of amides is 1. The molecule has 1 N–H and O–H groups in total. The molecule has 0 fully saturated rings. The first-order valence-corrected chi connectivity index (χ1v) is 9.39. The van der Waals surface area contributed by atoms with Crippen LogP contribution in [0.4, 0.5) is 9.52 Å². The van der Waals surface area contributed by atoms with Crippen LogP contribution in [0.1, 0.15) is 21.7 Å². The van der Waals surface area contributed by atoms with E-state index in [0.29, 0.717) is 28.6 Å². The van der Waals surface area contributed by atoms with Crippen LogP contribution in [-0.2, 0) is 17.6 Å². The highest BCUT2D eigenvalue weighted by Crippen LogP contribution is 2.29. The van der Waals surface area contributed by atoms with Gasteiger partial charge in [0.05, 0.1) is 20.6 Å². The van der Waals surface area contributed by atoms with Gasteiger partial charge in [-0.15, -0.1) is 10.2 Å². The lowest BCUT2D eigenvalue weighted by Gasteiger charge is -2.08. The van der Waals surface area contributed by atoms with Gasteiger partial charge in [0.15, 0.2) is 11.5 Å². The molecule has 2 aromatic carbocycles. The van der Waals surface area contributed by atoms with Crippen molar-refractivity contribution in [2.24, 2.45) is 0 Å². The first-order chi connectivity index (χ1) is 13.5. The first-order valence-electron chi connectivity index (χ1n) is 8.57. The van der Waals surface area contributed by atoms with Crippen LogP contribution in [0.3, 0.4) is 0 Å². The maximum absolute atomic E-state index is 13.9. The van der Waals surface area contributed by atoms with Crippen molar-refractivity contribution in [2.75, 3.05) is 19.5 Å². The van der Waals surface area contributed by atoms with E-state index in [0.717, 1.165) is 16.1 Å². The Morgan fingerprint density at radius 1 is 1.14 bits per heavy atom. The van der Waals surface area contributed by atoms with Gasteiger partial charge in [0.2, 0.25) is 11.0 Å². The zero-order valence-electron chi connectivity index (χ0n) is 15.8. The van der Waals surface area contributed by atoms with Crippen LogP contribution >= 0.6 is 11.3 Å². The molecule has 0 saturated heterocycles. The van der Waals surface area contributed by atoms with Crippen molar-refractivity contribution >= 4 is 22.4 Å². The minimum atomic E-state index is -0.387. The quantitative estimate of drug-likeness (QED) is 0.652. The predicted molar refractivity (Wildman–Crippen MR) is 106 cm³/mol. The van der Waals surface area contributed by atoms with E-state index in [-0.39, 0.29) is 18.1 Å². The van der Waals surface area contributed by atoms with E-state index in [1.54, 1.807) is 33.3 Å². The van der Waals surface area contributed by atoms with Gasteiger partial charge in [-0.2, -0.15) is 0 Å². The fraction of sp³-hybridized carbons (Fsp3) is 0.250. The summed E-state index contributed by atoms with van der Waals surface area (Å²) in [4.78, 5) is 12.2. The summed E-state index contributed by atoms with van der Waals surface area (Å²) in [5, 5.41) is 11.9. The van der Waals surface area contributed by atoms with Gasteiger partial charge in [0, 0.05) is 12.0 Å².